The molecule has 1 aliphatic rings. The van der Waals surface area contributed by atoms with E-state index in [1.165, 1.54) is 0 Å². The minimum Gasteiger partial charge on any atom is -0.458 e. The Morgan fingerprint density at radius 2 is 1.56 bits per heavy atom. The first-order valence-corrected chi connectivity index (χ1v) is 6.12. The van der Waals surface area contributed by atoms with Crippen molar-refractivity contribution >= 4 is 11.8 Å². The van der Waals surface area contributed by atoms with Gasteiger partial charge in [0.2, 0.25) is 6.29 Å². The second kappa shape index (κ2) is 4.41. The average molecular weight is 254 g/mol. The maximum atomic E-state index is 12.4. The third kappa shape index (κ3) is 2.92. The van der Waals surface area contributed by atoms with Gasteiger partial charge in [-0.1, -0.05) is 41.5 Å². The summed E-state index contributed by atoms with van der Waals surface area (Å²) in [6.07, 6.45) is -0.650. The molecule has 18 heavy (non-hydrogen) atoms. The van der Waals surface area contributed by atoms with Crippen LogP contribution in [0.3, 0.4) is 0 Å². The predicted octanol–water partition coefficient (Wildman–Crippen LogP) is 2.82. The Bertz CT molecular complexity index is 404. The third-order valence-electron chi connectivity index (χ3n) is 2.58. The summed E-state index contributed by atoms with van der Waals surface area (Å²) in [5.74, 6) is -0.408. The topological polar surface area (TPSA) is 52.6 Å². The summed E-state index contributed by atoms with van der Waals surface area (Å²) in [6.45, 7) is 12.7. The highest BCUT2D eigenvalue weighted by Gasteiger charge is 2.41. The Hall–Kier alpha value is -1.32. The lowest BCUT2D eigenvalue weighted by Crippen LogP contribution is -2.38. The van der Waals surface area contributed by atoms with Crippen LogP contribution in [-0.4, -0.2) is 18.0 Å². The lowest BCUT2D eigenvalue weighted by Gasteiger charge is -2.33. The molecule has 1 rings (SSSR count). The van der Waals surface area contributed by atoms with Crippen molar-refractivity contribution < 1.29 is 19.1 Å². The number of rotatable bonds is 1. The fourth-order valence-corrected chi connectivity index (χ4v) is 1.67. The largest absolute Gasteiger partial charge is 0.458 e. The number of cyclic esters (lactones) is 1. The molecule has 1 heterocycles. The Kier molecular flexibility index (Phi) is 3.61. The number of Topliss-reactive ketones (excluding diaryl/α,β-unsaturated/α-hetero) is 1. The molecule has 0 radical (unpaired) electrons. The zero-order valence-corrected chi connectivity index (χ0v) is 12.2. The Morgan fingerprint density at radius 3 is 1.94 bits per heavy atom. The molecule has 0 spiro atoms. The second-order valence-electron chi connectivity index (χ2n) is 6.62. The van der Waals surface area contributed by atoms with E-state index in [4.69, 9.17) is 9.47 Å². The first-order chi connectivity index (χ1) is 7.94. The van der Waals surface area contributed by atoms with Crippen LogP contribution in [0.2, 0.25) is 0 Å². The molecular weight excluding hydrogens is 232 g/mol. The molecule has 0 aromatic carbocycles. The van der Waals surface area contributed by atoms with E-state index in [0.29, 0.717) is 5.76 Å². The maximum absolute atomic E-state index is 12.4. The second-order valence-corrected chi connectivity index (χ2v) is 6.62. The van der Waals surface area contributed by atoms with Gasteiger partial charge >= 0.3 is 5.97 Å². The lowest BCUT2D eigenvalue weighted by atomic mass is 9.81. The Morgan fingerprint density at radius 1 is 1.06 bits per heavy atom. The Labute approximate surface area is 108 Å². The minimum atomic E-state index is -0.650. The molecule has 1 atom stereocenters. The third-order valence-corrected chi connectivity index (χ3v) is 2.58. The SMILES string of the molecule is CC1OC(=O)C(C(=O)C(C)(C)C)=C(C(C)(C)C)O1. The smallest absolute Gasteiger partial charge is 0.348 e. The fraction of sp³-hybridized carbons (Fsp3) is 0.714. The molecule has 0 aromatic heterocycles. The van der Waals surface area contributed by atoms with Gasteiger partial charge in [-0.25, -0.2) is 4.79 Å². The Balaban J connectivity index is 3.38. The van der Waals surface area contributed by atoms with Crippen LogP contribution in [0.1, 0.15) is 48.5 Å². The van der Waals surface area contributed by atoms with Crippen molar-refractivity contribution in [2.24, 2.45) is 10.8 Å². The summed E-state index contributed by atoms with van der Waals surface area (Å²) in [6, 6.07) is 0. The molecule has 0 saturated carbocycles. The van der Waals surface area contributed by atoms with Crippen LogP contribution in [0.5, 0.6) is 0 Å². The normalized spacial score (nSPS) is 21.5. The van der Waals surface area contributed by atoms with Gasteiger partial charge in [0.1, 0.15) is 11.3 Å². The average Bonchev–Trinajstić information content (AvgIpc) is 2.12. The molecule has 0 bridgehead atoms. The van der Waals surface area contributed by atoms with Crippen LogP contribution in [0, 0.1) is 10.8 Å². The first kappa shape index (κ1) is 14.7. The van der Waals surface area contributed by atoms with E-state index < -0.39 is 23.1 Å². The highest BCUT2D eigenvalue weighted by atomic mass is 16.7. The van der Waals surface area contributed by atoms with Gasteiger partial charge in [-0.2, -0.15) is 0 Å². The van der Waals surface area contributed by atoms with E-state index in [-0.39, 0.29) is 11.4 Å². The molecule has 4 heteroatoms. The molecule has 0 fully saturated rings. The van der Waals surface area contributed by atoms with Crippen LogP contribution in [0.25, 0.3) is 0 Å². The summed E-state index contributed by atoms with van der Waals surface area (Å²) < 4.78 is 10.6. The molecule has 0 amide bonds. The number of ketones is 1. The molecule has 0 N–H and O–H groups in total. The van der Waals surface area contributed by atoms with Gasteiger partial charge < -0.3 is 9.47 Å². The standard InChI is InChI=1S/C14H22O4/c1-8-17-11(14(5,6)7)9(12(16)18-8)10(15)13(2,3)4/h8H,1-7H3. The summed E-state index contributed by atoms with van der Waals surface area (Å²) in [5.41, 5.74) is -1.01. The van der Waals surface area contributed by atoms with Crippen LogP contribution >= 0.6 is 0 Å². The molecule has 102 valence electrons. The number of ether oxygens (including phenoxy) is 2. The summed E-state index contributed by atoms with van der Waals surface area (Å²) in [4.78, 5) is 24.3. The molecule has 4 nitrogen and oxygen atoms in total. The van der Waals surface area contributed by atoms with Gasteiger partial charge in [-0.15, -0.1) is 0 Å². The lowest BCUT2D eigenvalue weighted by molar-refractivity contribution is -0.175. The molecule has 0 aromatic rings. The van der Waals surface area contributed by atoms with Gasteiger partial charge in [0.05, 0.1) is 0 Å². The first-order valence-electron chi connectivity index (χ1n) is 6.12. The molecule has 1 aliphatic heterocycles. The number of hydrogen-bond acceptors (Lipinski definition) is 4. The number of carbonyl (C=O) groups excluding carboxylic acids is 2. The zero-order valence-electron chi connectivity index (χ0n) is 12.2. The minimum absolute atomic E-state index is 0.0492. The van der Waals surface area contributed by atoms with Crippen molar-refractivity contribution in [2.45, 2.75) is 54.8 Å². The van der Waals surface area contributed by atoms with E-state index >= 15 is 0 Å². The fourth-order valence-electron chi connectivity index (χ4n) is 1.67. The summed E-state index contributed by atoms with van der Waals surface area (Å²) >= 11 is 0. The molecular formula is C14H22O4. The zero-order chi connectivity index (χ0) is 14.3. The van der Waals surface area contributed by atoms with Crippen LogP contribution < -0.4 is 0 Å². The van der Waals surface area contributed by atoms with Crippen molar-refractivity contribution in [3.05, 3.63) is 11.3 Å². The number of carbonyl (C=O) groups is 2. The van der Waals surface area contributed by atoms with Crippen molar-refractivity contribution in [3.63, 3.8) is 0 Å². The highest BCUT2D eigenvalue weighted by molar-refractivity contribution is 6.19. The summed E-state index contributed by atoms with van der Waals surface area (Å²) in [7, 11) is 0. The van der Waals surface area contributed by atoms with E-state index in [2.05, 4.69) is 0 Å². The van der Waals surface area contributed by atoms with Crippen molar-refractivity contribution in [3.8, 4) is 0 Å². The highest BCUT2D eigenvalue weighted by Crippen LogP contribution is 2.36. The van der Waals surface area contributed by atoms with Gasteiger partial charge in [0.15, 0.2) is 5.78 Å². The van der Waals surface area contributed by atoms with E-state index in [0.717, 1.165) is 0 Å². The molecule has 1 unspecified atom stereocenters. The van der Waals surface area contributed by atoms with E-state index in [1.807, 2.05) is 20.8 Å². The van der Waals surface area contributed by atoms with Gasteiger partial charge in [-0.3, -0.25) is 4.79 Å². The van der Waals surface area contributed by atoms with Crippen molar-refractivity contribution in [1.82, 2.24) is 0 Å². The monoisotopic (exact) mass is 254 g/mol. The van der Waals surface area contributed by atoms with Crippen LogP contribution in [0.4, 0.5) is 0 Å². The van der Waals surface area contributed by atoms with Crippen molar-refractivity contribution in [2.75, 3.05) is 0 Å². The van der Waals surface area contributed by atoms with E-state index in [1.54, 1.807) is 27.7 Å². The predicted molar refractivity (Wildman–Crippen MR) is 67.6 cm³/mol. The summed E-state index contributed by atoms with van der Waals surface area (Å²) in [5, 5.41) is 0. The maximum Gasteiger partial charge on any atom is 0.348 e. The molecule has 0 aliphatic carbocycles. The van der Waals surface area contributed by atoms with Crippen LogP contribution in [-0.2, 0) is 19.1 Å². The van der Waals surface area contributed by atoms with Gasteiger partial charge in [-0.05, 0) is 0 Å². The quantitative estimate of drug-likeness (QED) is 0.533. The number of hydrogen-bond donors (Lipinski definition) is 0. The van der Waals surface area contributed by atoms with Crippen LogP contribution in [0.15, 0.2) is 11.3 Å². The van der Waals surface area contributed by atoms with Crippen molar-refractivity contribution in [1.29, 1.82) is 0 Å². The van der Waals surface area contributed by atoms with Gasteiger partial charge in [0, 0.05) is 17.8 Å². The number of allylic oxidation sites excluding steroid dienone is 1. The molecule has 0 saturated heterocycles. The van der Waals surface area contributed by atoms with E-state index in [9.17, 15) is 9.59 Å². The number of esters is 1. The van der Waals surface area contributed by atoms with Gasteiger partial charge in [0.25, 0.3) is 0 Å².